The number of phenols is 1. The molecule has 1 aromatic rings. The van der Waals surface area contributed by atoms with Gasteiger partial charge in [0.1, 0.15) is 11.5 Å². The van der Waals surface area contributed by atoms with Crippen molar-refractivity contribution in [2.24, 2.45) is 11.7 Å². The number of hydrogen-bond acceptors (Lipinski definition) is 5. The zero-order chi connectivity index (χ0) is 25.3. The second-order valence-corrected chi connectivity index (χ2v) is 9.14. The summed E-state index contributed by atoms with van der Waals surface area (Å²) in [6, 6.07) is 4.69. The van der Waals surface area contributed by atoms with E-state index in [9.17, 15) is 4.79 Å². The lowest BCUT2D eigenvalue weighted by Gasteiger charge is -2.38. The number of phenolic OH excluding ortho intramolecular Hbond substituents is 1. The predicted octanol–water partition coefficient (Wildman–Crippen LogP) is 5.58. The van der Waals surface area contributed by atoms with Crippen LogP contribution in [0.4, 0.5) is 0 Å². The maximum absolute atomic E-state index is 10.7. The first-order valence-electron chi connectivity index (χ1n) is 12.3. The average Bonchev–Trinajstić information content (AvgIpc) is 2.98. The van der Waals surface area contributed by atoms with Crippen molar-refractivity contribution in [2.45, 2.75) is 65.8 Å². The van der Waals surface area contributed by atoms with Gasteiger partial charge in [-0.05, 0) is 81.5 Å². The van der Waals surface area contributed by atoms with E-state index in [1.165, 1.54) is 80.8 Å². The van der Waals surface area contributed by atoms with Crippen LogP contribution in [0.5, 0.6) is 11.5 Å². The molecule has 6 heteroatoms. The minimum absolute atomic E-state index is 0.0387. The van der Waals surface area contributed by atoms with Crippen molar-refractivity contribution in [2.75, 3.05) is 27.3 Å². The summed E-state index contributed by atoms with van der Waals surface area (Å²) in [6.45, 7) is 11.7. The smallest absolute Gasteiger partial charge is 0.248 e. The quantitative estimate of drug-likeness (QED) is 0.543. The fourth-order valence-corrected chi connectivity index (χ4v) is 4.70. The van der Waals surface area contributed by atoms with Crippen molar-refractivity contribution < 1.29 is 19.4 Å². The first-order valence-corrected chi connectivity index (χ1v) is 12.3. The molecule has 1 fully saturated rings. The normalized spacial score (nSPS) is 18.2. The Morgan fingerprint density at radius 3 is 2.32 bits per heavy atom. The number of likely N-dealkylation sites (tertiary alicyclic amines) is 1. The van der Waals surface area contributed by atoms with E-state index in [4.69, 9.17) is 20.3 Å². The summed E-state index contributed by atoms with van der Waals surface area (Å²) in [5.41, 5.74) is 9.64. The number of ether oxygens (including phenoxy) is 2. The van der Waals surface area contributed by atoms with Gasteiger partial charge in [0.25, 0.3) is 0 Å². The summed E-state index contributed by atoms with van der Waals surface area (Å²) in [5, 5.41) is 9.09. The molecule has 0 bridgehead atoms. The third-order valence-corrected chi connectivity index (χ3v) is 7.05. The average molecular weight is 471 g/mol. The fraction of sp³-hybridized carbons (Fsp3) is 0.536. The van der Waals surface area contributed by atoms with E-state index in [-0.39, 0.29) is 11.3 Å². The van der Waals surface area contributed by atoms with Crippen LogP contribution in [-0.4, -0.2) is 49.3 Å². The Balaban J connectivity index is 0.000000287. The van der Waals surface area contributed by atoms with Crippen LogP contribution < -0.4 is 10.5 Å². The Bertz CT molecular complexity index is 924. The lowest BCUT2D eigenvalue weighted by atomic mass is 9.89. The van der Waals surface area contributed by atoms with Gasteiger partial charge < -0.3 is 20.3 Å². The van der Waals surface area contributed by atoms with Crippen LogP contribution in [-0.2, 0) is 4.74 Å². The second-order valence-electron chi connectivity index (χ2n) is 9.14. The van der Waals surface area contributed by atoms with Gasteiger partial charge in [0.15, 0.2) is 0 Å². The Kier molecular flexibility index (Phi) is 10.7. The topological polar surface area (TPSA) is 85.0 Å². The number of benzene rings is 1. The van der Waals surface area contributed by atoms with Gasteiger partial charge in [0.05, 0.1) is 20.0 Å². The molecule has 1 heterocycles. The SMILES string of the molecule is CCC1CCN(C(CC)C2=CC=C(OC)CC(C)=C2C)CC1.COc1cc(O)cc(C(N)=O)c1. The highest BCUT2D eigenvalue weighted by Gasteiger charge is 2.27. The lowest BCUT2D eigenvalue weighted by Crippen LogP contribution is -2.42. The van der Waals surface area contributed by atoms with Gasteiger partial charge in [-0.3, -0.25) is 9.69 Å². The number of rotatable bonds is 7. The molecule has 0 spiro atoms. The molecule has 0 aromatic heterocycles. The third-order valence-electron chi connectivity index (χ3n) is 7.05. The summed E-state index contributed by atoms with van der Waals surface area (Å²) < 4.78 is 10.3. The number of carbonyl (C=O) groups excluding carboxylic acids is 1. The number of piperidine rings is 1. The maximum atomic E-state index is 10.7. The molecular weight excluding hydrogens is 428 g/mol. The van der Waals surface area contributed by atoms with Gasteiger partial charge >= 0.3 is 0 Å². The van der Waals surface area contributed by atoms with E-state index < -0.39 is 5.91 Å². The number of methoxy groups -OCH3 is 2. The molecule has 188 valence electrons. The van der Waals surface area contributed by atoms with Crippen LogP contribution in [0.25, 0.3) is 0 Å². The van der Waals surface area contributed by atoms with Gasteiger partial charge in [-0.1, -0.05) is 31.9 Å². The molecule has 6 nitrogen and oxygen atoms in total. The van der Waals surface area contributed by atoms with E-state index in [1.54, 1.807) is 7.11 Å². The predicted molar refractivity (Wildman–Crippen MR) is 138 cm³/mol. The molecule has 1 amide bonds. The number of hydrogen-bond donors (Lipinski definition) is 2. The van der Waals surface area contributed by atoms with Crippen LogP contribution in [0.15, 0.2) is 52.8 Å². The van der Waals surface area contributed by atoms with Crippen molar-refractivity contribution in [3.63, 3.8) is 0 Å². The standard InChI is InChI=1S/C20H33NO.C8H9NO3/c1-6-17-10-12-21(13-11-17)20(7-2)19-9-8-18(22-5)14-15(3)16(19)4;1-12-7-3-5(8(9)11)2-6(10)4-7/h8-9,17,20H,6-7,10-14H2,1-5H3;2-4,10H,1H3,(H2,9,11). The molecule has 1 aromatic carbocycles. The minimum atomic E-state index is -0.593. The minimum Gasteiger partial charge on any atom is -0.508 e. The number of nitrogens with zero attached hydrogens (tertiary/aromatic N) is 1. The summed E-state index contributed by atoms with van der Waals surface area (Å²) in [7, 11) is 3.22. The molecular formula is C28H42N2O4. The largest absolute Gasteiger partial charge is 0.508 e. The number of carbonyl (C=O) groups is 1. The highest BCUT2D eigenvalue weighted by atomic mass is 16.5. The van der Waals surface area contributed by atoms with Crippen molar-refractivity contribution in [1.82, 2.24) is 4.90 Å². The fourth-order valence-electron chi connectivity index (χ4n) is 4.70. The second kappa shape index (κ2) is 13.2. The molecule has 34 heavy (non-hydrogen) atoms. The van der Waals surface area contributed by atoms with Crippen LogP contribution >= 0.6 is 0 Å². The molecule has 2 aliphatic rings. The van der Waals surface area contributed by atoms with Crippen molar-refractivity contribution >= 4 is 5.91 Å². The van der Waals surface area contributed by atoms with Crippen LogP contribution in [0, 0.1) is 5.92 Å². The van der Waals surface area contributed by atoms with Gasteiger partial charge in [-0.2, -0.15) is 0 Å². The zero-order valence-corrected chi connectivity index (χ0v) is 21.7. The Labute approximate surface area is 205 Å². The van der Waals surface area contributed by atoms with Gasteiger partial charge in [0.2, 0.25) is 5.91 Å². The summed E-state index contributed by atoms with van der Waals surface area (Å²) in [5.74, 6) is 1.79. The van der Waals surface area contributed by atoms with E-state index >= 15 is 0 Å². The van der Waals surface area contributed by atoms with Crippen LogP contribution in [0.1, 0.15) is 70.2 Å². The van der Waals surface area contributed by atoms with Crippen molar-refractivity contribution in [3.05, 3.63) is 58.4 Å². The number of primary amides is 1. The molecule has 3 rings (SSSR count). The molecule has 0 radical (unpaired) electrons. The Hall–Kier alpha value is -2.73. The third kappa shape index (κ3) is 7.39. The Morgan fingerprint density at radius 2 is 1.79 bits per heavy atom. The summed E-state index contributed by atoms with van der Waals surface area (Å²) in [4.78, 5) is 13.4. The molecule has 1 aliphatic carbocycles. The summed E-state index contributed by atoms with van der Waals surface area (Å²) >= 11 is 0. The maximum Gasteiger partial charge on any atom is 0.248 e. The van der Waals surface area contributed by atoms with E-state index in [1.807, 2.05) is 0 Å². The highest BCUT2D eigenvalue weighted by molar-refractivity contribution is 5.93. The first-order chi connectivity index (χ1) is 16.2. The molecule has 1 aliphatic heterocycles. The van der Waals surface area contributed by atoms with E-state index in [2.05, 4.69) is 44.7 Å². The number of amides is 1. The first kappa shape index (κ1) is 27.5. The number of aromatic hydroxyl groups is 1. The highest BCUT2D eigenvalue weighted by Crippen LogP contribution is 2.32. The zero-order valence-electron chi connectivity index (χ0n) is 21.7. The lowest BCUT2D eigenvalue weighted by molar-refractivity contribution is 0.0999. The van der Waals surface area contributed by atoms with Crippen LogP contribution in [0.2, 0.25) is 0 Å². The van der Waals surface area contributed by atoms with Crippen molar-refractivity contribution in [3.8, 4) is 11.5 Å². The molecule has 0 saturated carbocycles. The van der Waals surface area contributed by atoms with E-state index in [0.29, 0.717) is 11.8 Å². The van der Waals surface area contributed by atoms with Crippen molar-refractivity contribution in [1.29, 1.82) is 0 Å². The molecule has 1 unspecified atom stereocenters. The number of allylic oxidation sites excluding steroid dienone is 3. The van der Waals surface area contributed by atoms with Gasteiger partial charge in [-0.25, -0.2) is 0 Å². The molecule has 3 N–H and O–H groups in total. The number of nitrogens with two attached hydrogens (primary N) is 1. The van der Waals surface area contributed by atoms with Gasteiger partial charge in [-0.15, -0.1) is 0 Å². The molecule has 1 saturated heterocycles. The summed E-state index contributed by atoms with van der Waals surface area (Å²) in [6.07, 6.45) is 10.7. The van der Waals surface area contributed by atoms with E-state index in [0.717, 1.165) is 18.1 Å². The monoisotopic (exact) mass is 470 g/mol. The Morgan fingerprint density at radius 1 is 1.12 bits per heavy atom. The molecule has 1 atom stereocenters. The van der Waals surface area contributed by atoms with Crippen LogP contribution in [0.3, 0.4) is 0 Å². The van der Waals surface area contributed by atoms with Gasteiger partial charge in [0, 0.05) is 24.1 Å².